The smallest absolute Gasteiger partial charge is 0.118 e. The van der Waals surface area contributed by atoms with Gasteiger partial charge < -0.3 is 4.74 Å². The predicted molar refractivity (Wildman–Crippen MR) is 102 cm³/mol. The first-order valence-electron chi connectivity index (χ1n) is 7.02. The molecule has 0 aliphatic heterocycles. The number of rotatable bonds is 7. The molecule has 0 fully saturated rings. The standard InChI is InChI=1S/C13H15NOS2.2C2H6/c1-4-5-13(14-2)17-16-10-11-6-8-12(15-3)9-7-11;2*1-2/h4-9H,1-2,10H2,3H3;2*1-2H3/b13-5+;;. The van der Waals surface area contributed by atoms with Crippen molar-refractivity contribution >= 4 is 28.3 Å². The zero-order chi connectivity index (χ0) is 16.5. The quantitative estimate of drug-likeness (QED) is 0.331. The lowest BCUT2D eigenvalue weighted by Gasteiger charge is -2.03. The number of methoxy groups -OCH3 is 1. The molecular weight excluding hydrogens is 298 g/mol. The van der Waals surface area contributed by atoms with E-state index >= 15 is 0 Å². The van der Waals surface area contributed by atoms with Gasteiger partial charge in [0.05, 0.1) is 7.11 Å². The lowest BCUT2D eigenvalue weighted by atomic mass is 10.2. The molecule has 0 radical (unpaired) electrons. The molecule has 0 saturated heterocycles. The van der Waals surface area contributed by atoms with Crippen molar-refractivity contribution in [1.82, 2.24) is 0 Å². The fraction of sp³-hybridized carbons (Fsp3) is 0.353. The van der Waals surface area contributed by atoms with Gasteiger partial charge in [-0.25, -0.2) is 0 Å². The van der Waals surface area contributed by atoms with Crippen molar-refractivity contribution in [2.75, 3.05) is 7.11 Å². The minimum Gasteiger partial charge on any atom is -0.497 e. The van der Waals surface area contributed by atoms with Gasteiger partial charge in [0.25, 0.3) is 0 Å². The van der Waals surface area contributed by atoms with Crippen molar-refractivity contribution in [2.45, 2.75) is 33.4 Å². The molecule has 1 aromatic rings. The Morgan fingerprint density at radius 2 is 1.76 bits per heavy atom. The average Bonchev–Trinajstić information content (AvgIpc) is 2.58. The van der Waals surface area contributed by atoms with Crippen molar-refractivity contribution < 1.29 is 4.74 Å². The van der Waals surface area contributed by atoms with Gasteiger partial charge in [-0.3, -0.25) is 4.99 Å². The first-order valence-corrected chi connectivity index (χ1v) is 9.34. The van der Waals surface area contributed by atoms with E-state index in [-0.39, 0.29) is 0 Å². The first-order chi connectivity index (χ1) is 10.3. The highest BCUT2D eigenvalue weighted by atomic mass is 33.1. The van der Waals surface area contributed by atoms with E-state index in [4.69, 9.17) is 4.74 Å². The molecule has 0 aliphatic carbocycles. The monoisotopic (exact) mass is 325 g/mol. The third kappa shape index (κ3) is 11.2. The van der Waals surface area contributed by atoms with Gasteiger partial charge in [0.2, 0.25) is 0 Å². The summed E-state index contributed by atoms with van der Waals surface area (Å²) < 4.78 is 5.11. The van der Waals surface area contributed by atoms with E-state index in [1.165, 1.54) is 5.56 Å². The van der Waals surface area contributed by atoms with Crippen LogP contribution in [0.15, 0.2) is 53.0 Å². The average molecular weight is 326 g/mol. The molecule has 4 heteroatoms. The van der Waals surface area contributed by atoms with Crippen molar-refractivity contribution in [3.8, 4) is 5.75 Å². The normalized spacial score (nSPS) is 9.48. The van der Waals surface area contributed by atoms with Crippen LogP contribution in [0.25, 0.3) is 0 Å². The summed E-state index contributed by atoms with van der Waals surface area (Å²) in [6.45, 7) is 15.1. The Morgan fingerprint density at radius 1 is 1.19 bits per heavy atom. The summed E-state index contributed by atoms with van der Waals surface area (Å²) in [7, 11) is 4.98. The molecule has 0 unspecified atom stereocenters. The van der Waals surface area contributed by atoms with E-state index in [1.54, 1.807) is 34.8 Å². The summed E-state index contributed by atoms with van der Waals surface area (Å²) in [5, 5.41) is 0.874. The van der Waals surface area contributed by atoms with Crippen molar-refractivity contribution in [3.05, 3.63) is 53.6 Å². The molecule has 0 spiro atoms. The van der Waals surface area contributed by atoms with Gasteiger partial charge in [-0.05, 0) is 41.3 Å². The Hall–Kier alpha value is -1.13. The van der Waals surface area contributed by atoms with E-state index in [2.05, 4.69) is 30.4 Å². The Morgan fingerprint density at radius 3 is 2.19 bits per heavy atom. The van der Waals surface area contributed by atoms with Gasteiger partial charge in [0, 0.05) is 5.75 Å². The van der Waals surface area contributed by atoms with Crippen molar-refractivity contribution in [1.29, 1.82) is 0 Å². The van der Waals surface area contributed by atoms with E-state index in [9.17, 15) is 0 Å². The SMILES string of the molecule is C=C/C=C(\N=C)SSCc1ccc(OC)cc1.CC.CC. The van der Waals surface area contributed by atoms with Crippen LogP contribution < -0.4 is 4.74 Å². The fourth-order valence-electron chi connectivity index (χ4n) is 1.09. The second-order valence-corrected chi connectivity index (χ2v) is 5.41. The minimum atomic E-state index is 0.874. The molecule has 0 bridgehead atoms. The van der Waals surface area contributed by atoms with Crippen LogP contribution in [-0.4, -0.2) is 13.8 Å². The highest BCUT2D eigenvalue weighted by Gasteiger charge is 1.98. The largest absolute Gasteiger partial charge is 0.497 e. The Balaban J connectivity index is 0. The molecule has 0 aromatic heterocycles. The zero-order valence-electron chi connectivity index (χ0n) is 13.8. The molecule has 21 heavy (non-hydrogen) atoms. The molecule has 0 amide bonds. The second-order valence-electron chi connectivity index (χ2n) is 3.09. The van der Waals surface area contributed by atoms with Gasteiger partial charge in [0.15, 0.2) is 0 Å². The molecule has 0 saturated carbocycles. The predicted octanol–water partition coefficient (Wildman–Crippen LogP) is 6.36. The summed E-state index contributed by atoms with van der Waals surface area (Å²) in [6, 6.07) is 8.05. The maximum atomic E-state index is 5.11. The molecule has 118 valence electrons. The highest BCUT2D eigenvalue weighted by Crippen LogP contribution is 2.33. The number of benzene rings is 1. The van der Waals surface area contributed by atoms with Crippen LogP contribution in [0, 0.1) is 0 Å². The van der Waals surface area contributed by atoms with Crippen molar-refractivity contribution in [3.63, 3.8) is 0 Å². The van der Waals surface area contributed by atoms with E-state index in [0.717, 1.165) is 16.5 Å². The zero-order valence-corrected chi connectivity index (χ0v) is 15.4. The van der Waals surface area contributed by atoms with Crippen LogP contribution in [-0.2, 0) is 5.75 Å². The van der Waals surface area contributed by atoms with E-state index < -0.39 is 0 Å². The summed E-state index contributed by atoms with van der Waals surface area (Å²) in [5.41, 5.74) is 1.25. The maximum Gasteiger partial charge on any atom is 0.118 e. The van der Waals surface area contributed by atoms with Gasteiger partial charge >= 0.3 is 0 Å². The number of aliphatic imine (C=N–C) groups is 1. The lowest BCUT2D eigenvalue weighted by Crippen LogP contribution is -1.83. The summed E-state index contributed by atoms with van der Waals surface area (Å²) in [6.07, 6.45) is 3.56. The Bertz CT molecular complexity index is 400. The molecule has 1 rings (SSSR count). The maximum absolute atomic E-state index is 5.11. The summed E-state index contributed by atoms with van der Waals surface area (Å²) in [4.78, 5) is 3.90. The summed E-state index contributed by atoms with van der Waals surface area (Å²) >= 11 is 0. The van der Waals surface area contributed by atoms with Crippen LogP contribution >= 0.6 is 21.6 Å². The van der Waals surface area contributed by atoms with E-state index in [0.29, 0.717) is 0 Å². The molecule has 0 N–H and O–H groups in total. The topological polar surface area (TPSA) is 21.6 Å². The number of allylic oxidation sites excluding steroid dienone is 2. The van der Waals surface area contributed by atoms with Gasteiger partial charge in [-0.2, -0.15) is 0 Å². The highest BCUT2D eigenvalue weighted by molar-refractivity contribution is 8.77. The molecule has 0 heterocycles. The minimum absolute atomic E-state index is 0.874. The van der Waals surface area contributed by atoms with Gasteiger partial charge in [-0.15, -0.1) is 0 Å². The third-order valence-electron chi connectivity index (χ3n) is 1.95. The Labute approximate surface area is 138 Å². The van der Waals surface area contributed by atoms with Crippen LogP contribution in [0.4, 0.5) is 0 Å². The van der Waals surface area contributed by atoms with Crippen LogP contribution in [0.5, 0.6) is 5.75 Å². The molecular formula is C17H27NOS2. The number of nitrogens with zero attached hydrogens (tertiary/aromatic N) is 1. The van der Waals surface area contributed by atoms with Crippen molar-refractivity contribution in [2.24, 2.45) is 4.99 Å². The number of hydrogen-bond acceptors (Lipinski definition) is 4. The fourth-order valence-corrected chi connectivity index (χ4v) is 3.07. The molecule has 2 nitrogen and oxygen atoms in total. The number of hydrogen-bond donors (Lipinski definition) is 0. The van der Waals surface area contributed by atoms with Crippen LogP contribution in [0.2, 0.25) is 0 Å². The van der Waals surface area contributed by atoms with Crippen LogP contribution in [0.3, 0.4) is 0 Å². The van der Waals surface area contributed by atoms with Gasteiger partial charge in [0.1, 0.15) is 10.8 Å². The molecule has 0 atom stereocenters. The Kier molecular flexibility index (Phi) is 17.9. The van der Waals surface area contributed by atoms with E-state index in [1.807, 2.05) is 45.9 Å². The molecule has 0 aliphatic rings. The lowest BCUT2D eigenvalue weighted by molar-refractivity contribution is 0.414. The number of ether oxygens (including phenoxy) is 1. The third-order valence-corrected chi connectivity index (χ3v) is 4.17. The first kappa shape index (κ1) is 22.2. The van der Waals surface area contributed by atoms with Gasteiger partial charge in [-0.1, -0.05) is 63.3 Å². The molecule has 1 aromatic carbocycles. The summed E-state index contributed by atoms with van der Waals surface area (Å²) in [5.74, 6) is 1.80. The second kappa shape index (κ2) is 16.9. The van der Waals surface area contributed by atoms with Crippen LogP contribution in [0.1, 0.15) is 33.3 Å².